The number of unbranched alkanes of at least 4 members (excludes halogenated alkanes) is 3. The van der Waals surface area contributed by atoms with Gasteiger partial charge in [0.2, 0.25) is 0 Å². The van der Waals surface area contributed by atoms with Crippen molar-refractivity contribution in [1.82, 2.24) is 9.78 Å². The van der Waals surface area contributed by atoms with Crippen molar-refractivity contribution in [1.29, 1.82) is 0 Å². The van der Waals surface area contributed by atoms with Gasteiger partial charge in [-0.05, 0) is 37.1 Å². The molecular formula is C25H30BrN3O5. The molecule has 1 aromatic heterocycles. The number of rotatable bonds is 10. The van der Waals surface area contributed by atoms with E-state index in [1.807, 2.05) is 36.0 Å². The number of benzene rings is 2. The average molecular weight is 532 g/mol. The van der Waals surface area contributed by atoms with Crippen LogP contribution in [0.15, 0.2) is 59.1 Å². The van der Waals surface area contributed by atoms with E-state index in [9.17, 15) is 9.59 Å². The number of carboxylic acids is 2. The number of halogens is 1. The van der Waals surface area contributed by atoms with Crippen LogP contribution < -0.4 is 10.5 Å². The first-order valence-corrected chi connectivity index (χ1v) is 11.8. The lowest BCUT2D eigenvalue weighted by atomic mass is 10.1. The van der Waals surface area contributed by atoms with Gasteiger partial charge in [0.1, 0.15) is 17.7 Å². The molecule has 8 nitrogen and oxygen atoms in total. The first-order valence-electron chi connectivity index (χ1n) is 11.0. The van der Waals surface area contributed by atoms with Gasteiger partial charge >= 0.3 is 11.9 Å². The van der Waals surface area contributed by atoms with E-state index in [1.54, 1.807) is 0 Å². The Hall–Kier alpha value is -3.17. The van der Waals surface area contributed by atoms with Gasteiger partial charge < -0.3 is 14.9 Å². The minimum absolute atomic E-state index is 0.261. The first kappa shape index (κ1) is 27.1. The molecule has 1 unspecified atom stereocenters. The van der Waals surface area contributed by atoms with Crippen molar-refractivity contribution in [2.75, 3.05) is 0 Å². The van der Waals surface area contributed by atoms with E-state index in [4.69, 9.17) is 25.8 Å². The molecule has 1 heterocycles. The van der Waals surface area contributed by atoms with E-state index in [0.29, 0.717) is 12.2 Å². The maximum atomic E-state index is 9.55. The third-order valence-corrected chi connectivity index (χ3v) is 5.47. The van der Waals surface area contributed by atoms with Gasteiger partial charge in [0.15, 0.2) is 0 Å². The fourth-order valence-corrected chi connectivity index (χ4v) is 3.54. The van der Waals surface area contributed by atoms with Gasteiger partial charge in [0.25, 0.3) is 0 Å². The molecule has 34 heavy (non-hydrogen) atoms. The topological polar surface area (TPSA) is 128 Å². The highest BCUT2D eigenvalue weighted by atomic mass is 79.9. The Morgan fingerprint density at radius 2 is 1.74 bits per heavy atom. The third kappa shape index (κ3) is 8.64. The highest BCUT2D eigenvalue weighted by Crippen LogP contribution is 2.31. The normalized spacial score (nSPS) is 11.8. The maximum Gasteiger partial charge on any atom is 0.328 e. The van der Waals surface area contributed by atoms with Crippen LogP contribution in [0.3, 0.4) is 0 Å². The van der Waals surface area contributed by atoms with Crippen molar-refractivity contribution in [2.45, 2.75) is 45.3 Å². The van der Waals surface area contributed by atoms with Gasteiger partial charge in [-0.2, -0.15) is 5.10 Å². The van der Waals surface area contributed by atoms with E-state index in [1.165, 1.54) is 19.3 Å². The second kappa shape index (κ2) is 13.5. The van der Waals surface area contributed by atoms with Crippen LogP contribution in [0.2, 0.25) is 0 Å². The van der Waals surface area contributed by atoms with Crippen molar-refractivity contribution in [3.05, 3.63) is 59.1 Å². The summed E-state index contributed by atoms with van der Waals surface area (Å²) in [5.41, 5.74) is 9.25. The lowest BCUT2D eigenvalue weighted by molar-refractivity contribution is -0.134. The van der Waals surface area contributed by atoms with E-state index >= 15 is 0 Å². The minimum Gasteiger partial charge on any atom is -0.478 e. The number of hydrogen-bond donors (Lipinski definition) is 3. The number of fused-ring (bicyclic) bond motifs is 1. The number of hydrogen-bond acceptors (Lipinski definition) is 5. The summed E-state index contributed by atoms with van der Waals surface area (Å²) in [7, 11) is 1.96. The molecule has 3 aromatic rings. The van der Waals surface area contributed by atoms with E-state index in [0.717, 1.165) is 45.2 Å². The molecule has 0 radical (unpaired) electrons. The molecule has 0 saturated heterocycles. The molecule has 4 N–H and O–H groups in total. The highest BCUT2D eigenvalue weighted by Gasteiger charge is 2.13. The molecule has 0 aliphatic heterocycles. The van der Waals surface area contributed by atoms with E-state index < -0.39 is 11.9 Å². The molecule has 0 spiro atoms. The molecular weight excluding hydrogens is 502 g/mol. The van der Waals surface area contributed by atoms with Crippen LogP contribution in [0.25, 0.3) is 22.2 Å². The first-order chi connectivity index (χ1) is 16.2. The van der Waals surface area contributed by atoms with Gasteiger partial charge in [-0.1, -0.05) is 54.2 Å². The molecule has 2 aromatic carbocycles. The number of aliphatic carboxylic acids is 2. The second-order valence-corrected chi connectivity index (χ2v) is 8.59. The van der Waals surface area contributed by atoms with Gasteiger partial charge in [-0.3, -0.25) is 10.4 Å². The van der Waals surface area contributed by atoms with Gasteiger partial charge in [-0.25, -0.2) is 9.59 Å². The lowest BCUT2D eigenvalue weighted by Gasteiger charge is -2.14. The van der Waals surface area contributed by atoms with Crippen molar-refractivity contribution in [3.63, 3.8) is 0 Å². The standard InChI is InChI=1S/C21H26BrN3O.C4H4O4/c1-3-4-5-6-7-20(23)26-17-12-13-18-19(14-17)25(2)24-21(18)15-8-10-16(22)11-9-15;5-3(6)1-2-4(7)8/h8-14,20H,3-7,23H2,1-2H3;1-2H,(H,5,6)(H,7,8)/b;2-1+. The van der Waals surface area contributed by atoms with Crippen molar-refractivity contribution >= 4 is 38.8 Å². The summed E-state index contributed by atoms with van der Waals surface area (Å²) < 4.78 is 8.87. The fraction of sp³-hybridized carbons (Fsp3) is 0.320. The summed E-state index contributed by atoms with van der Waals surface area (Å²) in [4.78, 5) is 19.1. The number of carbonyl (C=O) groups is 2. The van der Waals surface area contributed by atoms with Crippen LogP contribution in [0.4, 0.5) is 0 Å². The molecule has 182 valence electrons. The number of aromatic nitrogens is 2. The summed E-state index contributed by atoms with van der Waals surface area (Å²) in [6.07, 6.45) is 6.55. The zero-order chi connectivity index (χ0) is 25.1. The van der Waals surface area contributed by atoms with Crippen molar-refractivity contribution in [2.24, 2.45) is 12.8 Å². The number of nitrogens with two attached hydrogens (primary N) is 1. The van der Waals surface area contributed by atoms with Gasteiger partial charge in [-0.15, -0.1) is 0 Å². The quantitative estimate of drug-likeness (QED) is 0.183. The van der Waals surface area contributed by atoms with Crippen LogP contribution in [-0.2, 0) is 16.6 Å². The Kier molecular flexibility index (Phi) is 10.8. The molecule has 0 fully saturated rings. The molecule has 9 heteroatoms. The Bertz CT molecular complexity index is 1110. The minimum atomic E-state index is -1.26. The van der Waals surface area contributed by atoms with E-state index in [-0.39, 0.29) is 6.23 Å². The summed E-state index contributed by atoms with van der Waals surface area (Å²) >= 11 is 3.48. The molecule has 0 bridgehead atoms. The summed E-state index contributed by atoms with van der Waals surface area (Å²) in [5.74, 6) is -1.72. The Morgan fingerprint density at radius 3 is 2.32 bits per heavy atom. The molecule has 1 atom stereocenters. The zero-order valence-electron chi connectivity index (χ0n) is 19.3. The molecule has 0 amide bonds. The summed E-state index contributed by atoms with van der Waals surface area (Å²) in [6, 6.07) is 14.3. The van der Waals surface area contributed by atoms with Crippen molar-refractivity contribution in [3.8, 4) is 17.0 Å². The largest absolute Gasteiger partial charge is 0.478 e. The number of ether oxygens (including phenoxy) is 1. The highest BCUT2D eigenvalue weighted by molar-refractivity contribution is 9.10. The van der Waals surface area contributed by atoms with Crippen LogP contribution in [-0.4, -0.2) is 38.2 Å². The molecule has 3 rings (SSSR count). The monoisotopic (exact) mass is 531 g/mol. The lowest BCUT2D eigenvalue weighted by Crippen LogP contribution is -2.26. The Morgan fingerprint density at radius 1 is 1.09 bits per heavy atom. The second-order valence-electron chi connectivity index (χ2n) is 7.67. The number of aryl methyl sites for hydroxylation is 1. The van der Waals surface area contributed by atoms with Crippen LogP contribution in [0.5, 0.6) is 5.75 Å². The molecule has 0 aliphatic carbocycles. The summed E-state index contributed by atoms with van der Waals surface area (Å²) in [6.45, 7) is 2.21. The Labute approximate surface area is 207 Å². The summed E-state index contributed by atoms with van der Waals surface area (Å²) in [5, 5.41) is 21.4. The average Bonchev–Trinajstić information content (AvgIpc) is 3.12. The molecule has 0 aliphatic rings. The fourth-order valence-electron chi connectivity index (χ4n) is 3.28. The van der Waals surface area contributed by atoms with Crippen LogP contribution in [0.1, 0.15) is 39.0 Å². The smallest absolute Gasteiger partial charge is 0.328 e. The Balaban J connectivity index is 0.000000440. The zero-order valence-corrected chi connectivity index (χ0v) is 20.9. The molecule has 0 saturated carbocycles. The van der Waals surface area contributed by atoms with Gasteiger partial charge in [0, 0.05) is 40.7 Å². The predicted octanol–water partition coefficient (Wildman–Crippen LogP) is 5.35. The number of carboxylic acid groups (broad SMARTS) is 2. The van der Waals surface area contributed by atoms with Crippen LogP contribution >= 0.6 is 15.9 Å². The predicted molar refractivity (Wildman–Crippen MR) is 136 cm³/mol. The SMILES string of the molecule is CCCCCCC(N)Oc1ccc2c(-c3ccc(Br)cc3)nn(C)c2c1.O=C(O)/C=C/C(=O)O. The maximum absolute atomic E-state index is 9.55. The van der Waals surface area contributed by atoms with Crippen molar-refractivity contribution < 1.29 is 24.5 Å². The third-order valence-electron chi connectivity index (χ3n) is 4.94. The van der Waals surface area contributed by atoms with Crippen LogP contribution in [0, 0.1) is 0 Å². The van der Waals surface area contributed by atoms with E-state index in [2.05, 4.69) is 41.1 Å². The van der Waals surface area contributed by atoms with Gasteiger partial charge in [0.05, 0.1) is 5.52 Å². The number of nitrogens with zero attached hydrogens (tertiary/aromatic N) is 2.